The Morgan fingerprint density at radius 2 is 1.86 bits per heavy atom. The second kappa shape index (κ2) is 7.79. The van der Waals surface area contributed by atoms with E-state index in [1.807, 2.05) is 12.1 Å². The maximum Gasteiger partial charge on any atom is 0.264 e. The van der Waals surface area contributed by atoms with Crippen molar-refractivity contribution < 1.29 is 4.74 Å². The van der Waals surface area contributed by atoms with Crippen molar-refractivity contribution in [2.24, 2.45) is 0 Å². The van der Waals surface area contributed by atoms with Crippen molar-refractivity contribution in [1.29, 1.82) is 5.26 Å². The minimum Gasteiger partial charge on any atom is -0.497 e. The normalized spacial score (nSPS) is 11.2. The van der Waals surface area contributed by atoms with Crippen LogP contribution < -0.4 is 10.3 Å². The van der Waals surface area contributed by atoms with Crippen LogP contribution in [0.15, 0.2) is 77.9 Å². The Hall–Kier alpha value is -4.24. The number of nitrogens with zero attached hydrogens (tertiary/aromatic N) is 4. The molecule has 1 aromatic carbocycles. The summed E-state index contributed by atoms with van der Waals surface area (Å²) in [6, 6.07) is 20.0. The fourth-order valence-electron chi connectivity index (χ4n) is 3.08. The van der Waals surface area contributed by atoms with E-state index in [-0.39, 0.29) is 5.56 Å². The molecule has 4 rings (SSSR count). The SMILES string of the molecule is COc1ccc(-n2c(=O)c(/C=C(/C#N)c3ccccn3)cc3cccnc32)cc1. The Kier molecular flexibility index (Phi) is 4.87. The third kappa shape index (κ3) is 3.49. The third-order valence-electron chi connectivity index (χ3n) is 4.48. The molecule has 0 saturated heterocycles. The molecule has 0 aliphatic carbocycles. The second-order valence-electron chi connectivity index (χ2n) is 6.24. The second-order valence-corrected chi connectivity index (χ2v) is 6.24. The van der Waals surface area contributed by atoms with Gasteiger partial charge in [0, 0.05) is 23.3 Å². The van der Waals surface area contributed by atoms with Crippen molar-refractivity contribution in [3.05, 3.63) is 94.7 Å². The van der Waals surface area contributed by atoms with Crippen molar-refractivity contribution in [3.8, 4) is 17.5 Å². The predicted octanol–water partition coefficient (Wildman–Crippen LogP) is 3.85. The molecule has 0 radical (unpaired) electrons. The van der Waals surface area contributed by atoms with Gasteiger partial charge in [0.1, 0.15) is 17.5 Å². The van der Waals surface area contributed by atoms with Gasteiger partial charge in [0.2, 0.25) is 0 Å². The van der Waals surface area contributed by atoms with Gasteiger partial charge in [-0.2, -0.15) is 5.26 Å². The van der Waals surface area contributed by atoms with E-state index in [0.29, 0.717) is 33.9 Å². The van der Waals surface area contributed by atoms with Gasteiger partial charge in [-0.15, -0.1) is 0 Å². The number of rotatable bonds is 4. The third-order valence-corrected chi connectivity index (χ3v) is 4.48. The lowest BCUT2D eigenvalue weighted by Crippen LogP contribution is -2.21. The summed E-state index contributed by atoms with van der Waals surface area (Å²) in [5.74, 6) is 0.692. The summed E-state index contributed by atoms with van der Waals surface area (Å²) in [4.78, 5) is 21.9. The zero-order valence-electron chi connectivity index (χ0n) is 15.6. The van der Waals surface area contributed by atoms with E-state index in [1.165, 1.54) is 4.57 Å². The number of allylic oxidation sites excluding steroid dienone is 1. The summed E-state index contributed by atoms with van der Waals surface area (Å²) in [5.41, 5.74) is 2.12. The Bertz CT molecular complexity index is 1300. The lowest BCUT2D eigenvalue weighted by molar-refractivity contribution is 0.414. The molecule has 6 heteroatoms. The standard InChI is InChI=1S/C23H16N4O2/c1-29-20-9-7-19(8-10-20)27-22-16(5-4-12-26-22)13-17(23(27)28)14-18(15-24)21-6-2-3-11-25-21/h2-14H,1H3/b18-14-. The van der Waals surface area contributed by atoms with Crippen molar-refractivity contribution in [3.63, 3.8) is 0 Å². The smallest absolute Gasteiger partial charge is 0.264 e. The lowest BCUT2D eigenvalue weighted by Gasteiger charge is -2.12. The topological polar surface area (TPSA) is 80.8 Å². The van der Waals surface area contributed by atoms with Crippen LogP contribution in [0.4, 0.5) is 0 Å². The molecule has 0 amide bonds. The number of methoxy groups -OCH3 is 1. The highest BCUT2D eigenvalue weighted by Gasteiger charge is 2.12. The van der Waals surface area contributed by atoms with Crippen molar-refractivity contribution in [2.75, 3.05) is 7.11 Å². The number of aromatic nitrogens is 3. The van der Waals surface area contributed by atoms with Crippen LogP contribution in [0, 0.1) is 11.3 Å². The highest BCUT2D eigenvalue weighted by Crippen LogP contribution is 2.21. The highest BCUT2D eigenvalue weighted by molar-refractivity contribution is 5.90. The summed E-state index contributed by atoms with van der Waals surface area (Å²) in [6.07, 6.45) is 4.82. The Morgan fingerprint density at radius 3 is 2.55 bits per heavy atom. The number of hydrogen-bond acceptors (Lipinski definition) is 5. The average Bonchev–Trinajstić information content (AvgIpc) is 2.78. The Balaban J connectivity index is 1.97. The predicted molar refractivity (Wildman–Crippen MR) is 112 cm³/mol. The van der Waals surface area contributed by atoms with Crippen molar-refractivity contribution in [1.82, 2.24) is 14.5 Å². The maximum atomic E-state index is 13.3. The molecule has 6 nitrogen and oxygen atoms in total. The first kappa shape index (κ1) is 18.1. The zero-order chi connectivity index (χ0) is 20.2. The molecular weight excluding hydrogens is 364 g/mol. The summed E-state index contributed by atoms with van der Waals surface area (Å²) in [6.45, 7) is 0. The first-order chi connectivity index (χ1) is 14.2. The first-order valence-electron chi connectivity index (χ1n) is 8.89. The molecule has 0 atom stereocenters. The van der Waals surface area contributed by atoms with E-state index in [1.54, 1.807) is 74.1 Å². The molecule has 0 unspecified atom stereocenters. The van der Waals surface area contributed by atoms with Crippen LogP contribution in [0.2, 0.25) is 0 Å². The lowest BCUT2D eigenvalue weighted by atomic mass is 10.1. The molecule has 29 heavy (non-hydrogen) atoms. The molecular formula is C23H16N4O2. The van der Waals surface area contributed by atoms with E-state index in [2.05, 4.69) is 16.0 Å². The molecule has 0 spiro atoms. The Labute approximate surface area is 167 Å². The quantitative estimate of drug-likeness (QED) is 0.502. The van der Waals surface area contributed by atoms with Gasteiger partial charge >= 0.3 is 0 Å². The van der Waals surface area contributed by atoms with Crippen LogP contribution in [-0.4, -0.2) is 21.6 Å². The molecule has 3 heterocycles. The molecule has 0 fully saturated rings. The fraction of sp³-hybridized carbons (Fsp3) is 0.0435. The summed E-state index contributed by atoms with van der Waals surface area (Å²) in [7, 11) is 1.59. The number of nitriles is 1. The molecule has 4 aromatic rings. The molecule has 0 aliphatic rings. The van der Waals surface area contributed by atoms with Crippen LogP contribution in [0.5, 0.6) is 5.75 Å². The number of benzene rings is 1. The largest absolute Gasteiger partial charge is 0.497 e. The van der Waals surface area contributed by atoms with Crippen LogP contribution in [0.25, 0.3) is 28.4 Å². The molecule has 3 aromatic heterocycles. The monoisotopic (exact) mass is 380 g/mol. The first-order valence-corrected chi connectivity index (χ1v) is 8.89. The van der Waals surface area contributed by atoms with Crippen molar-refractivity contribution >= 4 is 22.7 Å². The minimum absolute atomic E-state index is 0.273. The molecule has 0 bridgehead atoms. The van der Waals surface area contributed by atoms with Gasteiger partial charge in [-0.25, -0.2) is 4.98 Å². The minimum atomic E-state index is -0.273. The van der Waals surface area contributed by atoms with Crippen molar-refractivity contribution in [2.45, 2.75) is 0 Å². The van der Waals surface area contributed by atoms with Gasteiger partial charge < -0.3 is 4.74 Å². The molecule has 0 saturated carbocycles. The van der Waals surface area contributed by atoms with Gasteiger partial charge in [0.25, 0.3) is 5.56 Å². The van der Waals surface area contributed by atoms with Crippen LogP contribution >= 0.6 is 0 Å². The molecule has 0 N–H and O–H groups in total. The van der Waals surface area contributed by atoms with E-state index >= 15 is 0 Å². The van der Waals surface area contributed by atoms with Crippen LogP contribution in [0.3, 0.4) is 0 Å². The number of hydrogen-bond donors (Lipinski definition) is 0. The van der Waals surface area contributed by atoms with Gasteiger partial charge in [-0.05, 0) is 60.7 Å². The number of fused-ring (bicyclic) bond motifs is 1. The average molecular weight is 380 g/mol. The van der Waals surface area contributed by atoms with Gasteiger partial charge in [0.15, 0.2) is 0 Å². The maximum absolute atomic E-state index is 13.3. The van der Waals surface area contributed by atoms with Gasteiger partial charge in [-0.3, -0.25) is 14.3 Å². The van der Waals surface area contributed by atoms with E-state index in [9.17, 15) is 10.1 Å². The van der Waals surface area contributed by atoms with E-state index < -0.39 is 0 Å². The molecule has 0 aliphatic heterocycles. The Morgan fingerprint density at radius 1 is 1.07 bits per heavy atom. The fourth-order valence-corrected chi connectivity index (χ4v) is 3.08. The van der Waals surface area contributed by atoms with Gasteiger partial charge in [-0.1, -0.05) is 6.07 Å². The number of pyridine rings is 3. The van der Waals surface area contributed by atoms with Gasteiger partial charge in [0.05, 0.1) is 24.1 Å². The summed E-state index contributed by atoms with van der Waals surface area (Å²) >= 11 is 0. The highest BCUT2D eigenvalue weighted by atomic mass is 16.5. The summed E-state index contributed by atoms with van der Waals surface area (Å²) in [5, 5.41) is 10.4. The number of ether oxygens (including phenoxy) is 1. The van der Waals surface area contributed by atoms with Crippen LogP contribution in [-0.2, 0) is 0 Å². The van der Waals surface area contributed by atoms with Crippen LogP contribution in [0.1, 0.15) is 11.3 Å². The van der Waals surface area contributed by atoms with E-state index in [0.717, 1.165) is 5.39 Å². The summed E-state index contributed by atoms with van der Waals surface area (Å²) < 4.78 is 6.74. The molecule has 140 valence electrons. The zero-order valence-corrected chi connectivity index (χ0v) is 15.6. The van der Waals surface area contributed by atoms with E-state index in [4.69, 9.17) is 4.74 Å².